The molecule has 8 heteroatoms. The van der Waals surface area contributed by atoms with Crippen molar-refractivity contribution in [3.8, 4) is 11.4 Å². The van der Waals surface area contributed by atoms with E-state index < -0.39 is 6.29 Å². The number of hydrogen-bond donors (Lipinski definition) is 0. The summed E-state index contributed by atoms with van der Waals surface area (Å²) in [5.41, 5.74) is 0.796. The van der Waals surface area contributed by atoms with E-state index in [4.69, 9.17) is 33.3 Å². The Labute approximate surface area is 142 Å². The highest BCUT2D eigenvalue weighted by Crippen LogP contribution is 2.34. The van der Waals surface area contributed by atoms with Gasteiger partial charge < -0.3 is 14.0 Å². The van der Waals surface area contributed by atoms with Crippen molar-refractivity contribution < 1.29 is 14.3 Å². The van der Waals surface area contributed by atoms with Crippen LogP contribution >= 0.6 is 23.8 Å². The summed E-state index contributed by atoms with van der Waals surface area (Å²) in [4.78, 5) is 12.0. The van der Waals surface area contributed by atoms with Gasteiger partial charge in [0.15, 0.2) is 16.4 Å². The Morgan fingerprint density at radius 1 is 1.39 bits per heavy atom. The summed E-state index contributed by atoms with van der Waals surface area (Å²) < 4.78 is 14.9. The number of nitrogens with zero attached hydrogens (tertiary/aromatic N) is 3. The summed E-state index contributed by atoms with van der Waals surface area (Å²) in [5, 5.41) is 5.22. The average Bonchev–Trinajstić information content (AvgIpc) is 3.09. The maximum absolute atomic E-state index is 12.0. The molecule has 0 N–H and O–H groups in total. The Kier molecular flexibility index (Phi) is 3.60. The van der Waals surface area contributed by atoms with Crippen LogP contribution in [-0.2, 0) is 21.3 Å². The Bertz CT molecular complexity index is 847. The predicted octanol–water partition coefficient (Wildman–Crippen LogP) is 2.53. The van der Waals surface area contributed by atoms with E-state index in [0.717, 1.165) is 5.56 Å². The fourth-order valence-corrected chi connectivity index (χ4v) is 3.50. The van der Waals surface area contributed by atoms with Gasteiger partial charge in [-0.2, -0.15) is 5.10 Å². The number of Topliss-reactive ketones (excluding diaryl/α,β-unsaturated/α-hetero) is 1. The molecular formula is C15H14ClN3O3S. The number of halogens is 1. The second-order valence-corrected chi connectivity index (χ2v) is 6.44. The summed E-state index contributed by atoms with van der Waals surface area (Å²) in [7, 11) is 1.84. The number of ether oxygens (including phenoxy) is 2. The van der Waals surface area contributed by atoms with Crippen LogP contribution in [0.2, 0.25) is 5.02 Å². The summed E-state index contributed by atoms with van der Waals surface area (Å²) in [6.45, 7) is 0.376. The van der Waals surface area contributed by atoms with Crippen LogP contribution in [0.15, 0.2) is 24.3 Å². The highest BCUT2D eigenvalue weighted by atomic mass is 35.5. The van der Waals surface area contributed by atoms with Crippen molar-refractivity contribution in [1.29, 1.82) is 0 Å². The first-order chi connectivity index (χ1) is 11.1. The van der Waals surface area contributed by atoms with Crippen LogP contribution in [0, 0.1) is 4.77 Å². The van der Waals surface area contributed by atoms with Crippen molar-refractivity contribution in [2.45, 2.75) is 24.9 Å². The number of fused-ring (bicyclic) bond motifs is 2. The van der Waals surface area contributed by atoms with E-state index in [1.54, 1.807) is 9.25 Å². The van der Waals surface area contributed by atoms with Gasteiger partial charge in [-0.05, 0) is 24.4 Å². The van der Waals surface area contributed by atoms with E-state index in [2.05, 4.69) is 5.10 Å². The molecule has 0 saturated carbocycles. The second kappa shape index (κ2) is 5.52. The highest BCUT2D eigenvalue weighted by molar-refractivity contribution is 7.71. The molecule has 23 heavy (non-hydrogen) atoms. The molecule has 0 unspecified atom stereocenters. The number of aromatic nitrogens is 3. The van der Waals surface area contributed by atoms with Crippen LogP contribution in [0.25, 0.3) is 11.4 Å². The average molecular weight is 352 g/mol. The lowest BCUT2D eigenvalue weighted by molar-refractivity contribution is -0.156. The monoisotopic (exact) mass is 351 g/mol. The Morgan fingerprint density at radius 2 is 2.17 bits per heavy atom. The minimum Gasteiger partial charge on any atom is -0.343 e. The number of carbonyl (C=O) groups is 1. The van der Waals surface area contributed by atoms with Crippen LogP contribution in [0.4, 0.5) is 0 Å². The maximum atomic E-state index is 12.0. The lowest BCUT2D eigenvalue weighted by Crippen LogP contribution is -2.37. The minimum absolute atomic E-state index is 0.0735. The van der Waals surface area contributed by atoms with Crippen LogP contribution < -0.4 is 0 Å². The molecule has 2 bridgehead atoms. The number of hydrogen-bond acceptors (Lipinski definition) is 5. The van der Waals surface area contributed by atoms with Gasteiger partial charge in [0.05, 0.1) is 17.7 Å². The molecule has 2 aromatic rings. The molecule has 2 fully saturated rings. The molecule has 2 saturated heterocycles. The van der Waals surface area contributed by atoms with Crippen LogP contribution in [0.1, 0.15) is 12.5 Å². The third kappa shape index (κ3) is 2.35. The fraction of sp³-hybridized carbons (Fsp3) is 0.400. The molecule has 3 heterocycles. The topological polar surface area (TPSA) is 58.3 Å². The third-order valence-electron chi connectivity index (χ3n) is 4.24. The minimum atomic E-state index is -0.725. The SMILES string of the molecule is Cn1c(-c2ccccc2Cl)nn([C@H]2CC(=O)[C@@H]3OC[C@H]2O3)c1=S. The second-order valence-electron chi connectivity index (χ2n) is 5.67. The zero-order chi connectivity index (χ0) is 16.1. The van der Waals surface area contributed by atoms with Crippen LogP contribution in [0.5, 0.6) is 0 Å². The third-order valence-corrected chi connectivity index (χ3v) is 5.04. The van der Waals surface area contributed by atoms with Gasteiger partial charge >= 0.3 is 0 Å². The summed E-state index contributed by atoms with van der Waals surface area (Å²) >= 11 is 11.8. The fourth-order valence-electron chi connectivity index (χ4n) is 3.02. The van der Waals surface area contributed by atoms with E-state index in [1.807, 2.05) is 31.3 Å². The molecule has 4 rings (SSSR count). The first-order valence-electron chi connectivity index (χ1n) is 7.26. The van der Waals surface area contributed by atoms with Crippen molar-refractivity contribution in [2.75, 3.05) is 6.61 Å². The van der Waals surface area contributed by atoms with Crippen molar-refractivity contribution >= 4 is 29.6 Å². The van der Waals surface area contributed by atoms with Gasteiger partial charge in [-0.25, -0.2) is 4.68 Å². The number of ketones is 1. The molecule has 2 aliphatic rings. The first kappa shape index (κ1) is 15.0. The van der Waals surface area contributed by atoms with Gasteiger partial charge in [0.25, 0.3) is 0 Å². The molecule has 1 aromatic carbocycles. The van der Waals surface area contributed by atoms with E-state index in [0.29, 0.717) is 28.6 Å². The summed E-state index contributed by atoms with van der Waals surface area (Å²) in [6, 6.07) is 7.20. The lowest BCUT2D eigenvalue weighted by Gasteiger charge is -2.26. The summed E-state index contributed by atoms with van der Waals surface area (Å²) in [6.07, 6.45) is -0.627. The molecule has 0 spiro atoms. The van der Waals surface area contributed by atoms with Gasteiger partial charge in [0.1, 0.15) is 6.10 Å². The van der Waals surface area contributed by atoms with E-state index in [1.165, 1.54) is 0 Å². The number of rotatable bonds is 2. The molecule has 0 amide bonds. The molecule has 0 radical (unpaired) electrons. The quantitative estimate of drug-likeness (QED) is 0.778. The standard InChI is InChI=1S/C15H14ClN3O3S/c1-18-13(8-4-2-3-5-9(8)16)17-19(15(18)23)10-6-11(20)14-21-7-12(10)22-14/h2-5,10,12,14H,6-7H2,1H3/t10-,12+,14+/m0/s1. The molecular weight excluding hydrogens is 338 g/mol. The molecule has 0 aliphatic carbocycles. The van der Waals surface area contributed by atoms with Crippen LogP contribution in [0.3, 0.4) is 0 Å². The van der Waals surface area contributed by atoms with Crippen molar-refractivity contribution in [1.82, 2.24) is 14.3 Å². The maximum Gasteiger partial charge on any atom is 0.218 e. The smallest absolute Gasteiger partial charge is 0.218 e. The van der Waals surface area contributed by atoms with E-state index >= 15 is 0 Å². The van der Waals surface area contributed by atoms with Crippen molar-refractivity contribution in [3.05, 3.63) is 34.1 Å². The van der Waals surface area contributed by atoms with Gasteiger partial charge in [0.2, 0.25) is 6.29 Å². The molecule has 120 valence electrons. The highest BCUT2D eigenvalue weighted by Gasteiger charge is 2.45. The van der Waals surface area contributed by atoms with Gasteiger partial charge in [-0.15, -0.1) is 0 Å². The van der Waals surface area contributed by atoms with Crippen molar-refractivity contribution in [2.24, 2.45) is 7.05 Å². The molecule has 6 nitrogen and oxygen atoms in total. The van der Waals surface area contributed by atoms with Crippen molar-refractivity contribution in [3.63, 3.8) is 0 Å². The zero-order valence-corrected chi connectivity index (χ0v) is 13.9. The Morgan fingerprint density at radius 3 is 2.96 bits per heavy atom. The number of carbonyl (C=O) groups excluding carboxylic acids is 1. The molecule has 1 aromatic heterocycles. The Hall–Kier alpha value is -1.54. The number of benzene rings is 1. The van der Waals surface area contributed by atoms with Gasteiger partial charge in [-0.3, -0.25) is 4.79 Å². The molecule has 3 atom stereocenters. The predicted molar refractivity (Wildman–Crippen MR) is 85.8 cm³/mol. The van der Waals surface area contributed by atoms with Gasteiger partial charge in [-0.1, -0.05) is 23.7 Å². The largest absolute Gasteiger partial charge is 0.343 e. The molecule has 2 aliphatic heterocycles. The van der Waals surface area contributed by atoms with Gasteiger partial charge in [0, 0.05) is 19.0 Å². The lowest BCUT2D eigenvalue weighted by atomic mass is 10.0. The normalized spacial score (nSPS) is 26.7. The summed E-state index contributed by atoms with van der Waals surface area (Å²) in [5.74, 6) is 0.588. The van der Waals surface area contributed by atoms with E-state index in [-0.39, 0.29) is 17.9 Å². The van der Waals surface area contributed by atoms with Crippen LogP contribution in [-0.4, -0.2) is 39.1 Å². The van der Waals surface area contributed by atoms with E-state index in [9.17, 15) is 4.79 Å². The Balaban J connectivity index is 1.79. The first-order valence-corrected chi connectivity index (χ1v) is 8.05. The zero-order valence-electron chi connectivity index (χ0n) is 12.3.